The number of carbonyl (C=O) groups is 1. The Morgan fingerprint density at radius 1 is 1.29 bits per heavy atom. The van der Waals surface area contributed by atoms with Crippen LogP contribution in [-0.2, 0) is 10.0 Å². The van der Waals surface area contributed by atoms with Crippen LogP contribution in [-0.4, -0.2) is 50.9 Å². The first-order chi connectivity index (χ1) is 9.79. The van der Waals surface area contributed by atoms with Crippen LogP contribution in [0.3, 0.4) is 0 Å². The van der Waals surface area contributed by atoms with Crippen LogP contribution >= 0.6 is 0 Å². The van der Waals surface area contributed by atoms with Gasteiger partial charge in [-0.25, -0.2) is 8.42 Å². The molecule has 0 atom stereocenters. The van der Waals surface area contributed by atoms with Gasteiger partial charge in [-0.15, -0.1) is 0 Å². The van der Waals surface area contributed by atoms with Gasteiger partial charge in [-0.3, -0.25) is 4.79 Å². The van der Waals surface area contributed by atoms with Crippen LogP contribution in [0.15, 0.2) is 29.2 Å². The van der Waals surface area contributed by atoms with Gasteiger partial charge in [0.15, 0.2) is 0 Å². The standard InChI is InChI=1S/C14H21N3O3S/c1-14(2)10-16-8-9-17(14)21(19,20)12-6-4-11(5-7-12)13(18)15-3/h4-7,16H,8-10H2,1-3H3,(H,15,18). The third kappa shape index (κ3) is 3.09. The Hall–Kier alpha value is -1.44. The molecule has 1 fully saturated rings. The van der Waals surface area contributed by atoms with E-state index in [4.69, 9.17) is 0 Å². The van der Waals surface area contributed by atoms with Crippen molar-refractivity contribution in [1.29, 1.82) is 0 Å². The number of piperazine rings is 1. The van der Waals surface area contributed by atoms with Crippen molar-refractivity contribution < 1.29 is 13.2 Å². The zero-order chi connectivity index (χ0) is 15.7. The first-order valence-electron chi connectivity index (χ1n) is 6.85. The van der Waals surface area contributed by atoms with Gasteiger partial charge in [-0.1, -0.05) is 0 Å². The number of amides is 1. The van der Waals surface area contributed by atoms with E-state index in [2.05, 4.69) is 10.6 Å². The fourth-order valence-corrected chi connectivity index (χ4v) is 4.24. The first kappa shape index (κ1) is 15.9. The van der Waals surface area contributed by atoms with E-state index < -0.39 is 15.6 Å². The van der Waals surface area contributed by atoms with Crippen LogP contribution in [0, 0.1) is 0 Å². The van der Waals surface area contributed by atoms with Crippen molar-refractivity contribution in [1.82, 2.24) is 14.9 Å². The molecule has 0 unspecified atom stereocenters. The summed E-state index contributed by atoms with van der Waals surface area (Å²) in [6.07, 6.45) is 0. The molecule has 116 valence electrons. The number of nitrogens with zero attached hydrogens (tertiary/aromatic N) is 1. The van der Waals surface area contributed by atoms with E-state index in [0.29, 0.717) is 25.2 Å². The lowest BCUT2D eigenvalue weighted by Crippen LogP contribution is -2.59. The van der Waals surface area contributed by atoms with Gasteiger partial charge in [-0.05, 0) is 38.1 Å². The van der Waals surface area contributed by atoms with E-state index >= 15 is 0 Å². The summed E-state index contributed by atoms with van der Waals surface area (Å²) in [5.41, 5.74) is -0.0349. The third-order valence-electron chi connectivity index (χ3n) is 3.66. The molecule has 1 aromatic rings. The topological polar surface area (TPSA) is 78.5 Å². The van der Waals surface area contributed by atoms with Crippen LogP contribution in [0.1, 0.15) is 24.2 Å². The van der Waals surface area contributed by atoms with Gasteiger partial charge < -0.3 is 10.6 Å². The number of sulfonamides is 1. The Kier molecular flexibility index (Phi) is 4.36. The predicted octanol–water partition coefficient (Wildman–Crippen LogP) is 0.419. The van der Waals surface area contributed by atoms with Crippen LogP contribution in [0.4, 0.5) is 0 Å². The molecule has 0 spiro atoms. The lowest BCUT2D eigenvalue weighted by molar-refractivity contribution is 0.0963. The second kappa shape index (κ2) is 5.75. The summed E-state index contributed by atoms with van der Waals surface area (Å²) >= 11 is 0. The molecule has 0 aromatic heterocycles. The van der Waals surface area contributed by atoms with Crippen LogP contribution in [0.5, 0.6) is 0 Å². The minimum absolute atomic E-state index is 0.213. The summed E-state index contributed by atoms with van der Waals surface area (Å²) in [7, 11) is -2.02. The highest BCUT2D eigenvalue weighted by molar-refractivity contribution is 7.89. The molecule has 0 saturated carbocycles. The van der Waals surface area contributed by atoms with Crippen molar-refractivity contribution in [3.8, 4) is 0 Å². The molecule has 6 nitrogen and oxygen atoms in total. The molecular weight excluding hydrogens is 290 g/mol. The maximum atomic E-state index is 12.8. The van der Waals surface area contributed by atoms with Crippen molar-refractivity contribution in [2.45, 2.75) is 24.3 Å². The molecule has 2 N–H and O–H groups in total. The molecule has 1 saturated heterocycles. The molecule has 0 bridgehead atoms. The highest BCUT2D eigenvalue weighted by atomic mass is 32.2. The molecular formula is C14H21N3O3S. The summed E-state index contributed by atoms with van der Waals surface area (Å²) in [5.74, 6) is -0.235. The van der Waals surface area contributed by atoms with Gasteiger partial charge in [0.1, 0.15) is 0 Å². The van der Waals surface area contributed by atoms with Crippen molar-refractivity contribution in [3.63, 3.8) is 0 Å². The van der Waals surface area contributed by atoms with Gasteiger partial charge in [0.05, 0.1) is 4.90 Å². The number of nitrogens with one attached hydrogen (secondary N) is 2. The summed E-state index contributed by atoms with van der Waals surface area (Å²) in [4.78, 5) is 11.7. The molecule has 1 aliphatic rings. The number of rotatable bonds is 3. The maximum absolute atomic E-state index is 12.8. The quantitative estimate of drug-likeness (QED) is 0.848. The van der Waals surface area contributed by atoms with Crippen LogP contribution in [0.25, 0.3) is 0 Å². The van der Waals surface area contributed by atoms with Gasteiger partial charge in [0.25, 0.3) is 5.91 Å². The highest BCUT2D eigenvalue weighted by Gasteiger charge is 2.38. The largest absolute Gasteiger partial charge is 0.355 e. The maximum Gasteiger partial charge on any atom is 0.251 e. The summed E-state index contributed by atoms with van der Waals surface area (Å²) < 4.78 is 27.0. The van der Waals surface area contributed by atoms with Crippen molar-refractivity contribution >= 4 is 15.9 Å². The Balaban J connectivity index is 2.33. The average molecular weight is 311 g/mol. The third-order valence-corrected chi connectivity index (χ3v) is 5.78. The second-order valence-electron chi connectivity index (χ2n) is 5.67. The highest BCUT2D eigenvalue weighted by Crippen LogP contribution is 2.26. The van der Waals surface area contributed by atoms with E-state index in [1.54, 1.807) is 0 Å². The molecule has 1 amide bonds. The second-order valence-corrected chi connectivity index (χ2v) is 7.53. The fourth-order valence-electron chi connectivity index (χ4n) is 2.46. The van der Waals surface area contributed by atoms with Gasteiger partial charge in [0, 0.05) is 37.8 Å². The van der Waals surface area contributed by atoms with Gasteiger partial charge in [-0.2, -0.15) is 4.31 Å². The molecule has 0 radical (unpaired) electrons. The fraction of sp³-hybridized carbons (Fsp3) is 0.500. The van der Waals surface area contributed by atoms with E-state index in [-0.39, 0.29) is 10.8 Å². The SMILES string of the molecule is CNC(=O)c1ccc(S(=O)(=O)N2CCNCC2(C)C)cc1. The lowest BCUT2D eigenvalue weighted by atomic mass is 10.0. The molecule has 7 heteroatoms. The van der Waals surface area contributed by atoms with Gasteiger partial charge in [0.2, 0.25) is 10.0 Å². The van der Waals surface area contributed by atoms with Crippen LogP contribution < -0.4 is 10.6 Å². The van der Waals surface area contributed by atoms with Gasteiger partial charge >= 0.3 is 0 Å². The molecule has 1 aromatic carbocycles. The predicted molar refractivity (Wildman–Crippen MR) is 80.7 cm³/mol. The number of carbonyl (C=O) groups excluding carboxylic acids is 1. The molecule has 2 rings (SSSR count). The zero-order valence-corrected chi connectivity index (χ0v) is 13.3. The zero-order valence-electron chi connectivity index (χ0n) is 12.5. The summed E-state index contributed by atoms with van der Waals surface area (Å²) in [6, 6.07) is 6.03. The number of hydrogen-bond donors (Lipinski definition) is 2. The van der Waals surface area contributed by atoms with E-state index in [9.17, 15) is 13.2 Å². The molecule has 1 heterocycles. The van der Waals surface area contributed by atoms with Crippen molar-refractivity contribution in [2.24, 2.45) is 0 Å². The van der Waals surface area contributed by atoms with E-state index in [0.717, 1.165) is 0 Å². The van der Waals surface area contributed by atoms with Crippen molar-refractivity contribution in [2.75, 3.05) is 26.7 Å². The lowest BCUT2D eigenvalue weighted by Gasteiger charge is -2.41. The first-order valence-corrected chi connectivity index (χ1v) is 8.29. The number of benzene rings is 1. The smallest absolute Gasteiger partial charge is 0.251 e. The Labute approximate surface area is 125 Å². The average Bonchev–Trinajstić information content (AvgIpc) is 2.45. The van der Waals surface area contributed by atoms with E-state index in [1.807, 2.05) is 13.8 Å². The molecule has 1 aliphatic heterocycles. The monoisotopic (exact) mass is 311 g/mol. The van der Waals surface area contributed by atoms with Crippen LogP contribution in [0.2, 0.25) is 0 Å². The minimum Gasteiger partial charge on any atom is -0.355 e. The summed E-state index contributed by atoms with van der Waals surface area (Å²) in [6.45, 7) is 5.49. The number of hydrogen-bond acceptors (Lipinski definition) is 4. The molecule has 0 aliphatic carbocycles. The Morgan fingerprint density at radius 2 is 1.90 bits per heavy atom. The Morgan fingerprint density at radius 3 is 2.43 bits per heavy atom. The summed E-state index contributed by atoms with van der Waals surface area (Å²) in [5, 5.41) is 5.71. The van der Waals surface area contributed by atoms with Crippen molar-refractivity contribution in [3.05, 3.63) is 29.8 Å². The van der Waals surface area contributed by atoms with E-state index in [1.165, 1.54) is 35.6 Å². The molecule has 21 heavy (non-hydrogen) atoms. The normalized spacial score (nSPS) is 19.2. The minimum atomic E-state index is -3.56. The Bertz CT molecular complexity index is 623.